The van der Waals surface area contributed by atoms with Crippen molar-refractivity contribution in [3.05, 3.63) is 65.5 Å². The van der Waals surface area contributed by atoms with Crippen molar-refractivity contribution in [1.82, 2.24) is 10.3 Å². The number of nitrogens with one attached hydrogen (secondary N) is 1. The van der Waals surface area contributed by atoms with Gasteiger partial charge in [-0.1, -0.05) is 29.8 Å². The van der Waals surface area contributed by atoms with Crippen molar-refractivity contribution < 1.29 is 14.3 Å². The van der Waals surface area contributed by atoms with E-state index in [1.54, 1.807) is 18.3 Å². The number of aryl methyl sites for hydroxylation is 1. The van der Waals surface area contributed by atoms with Crippen LogP contribution in [0, 0.1) is 6.92 Å². The highest BCUT2D eigenvalue weighted by molar-refractivity contribution is 5.96. The van der Waals surface area contributed by atoms with Gasteiger partial charge in [0.25, 0.3) is 5.91 Å². The largest absolute Gasteiger partial charge is 0.467 e. The highest BCUT2D eigenvalue weighted by atomic mass is 16.5. The molecular formula is C17H18N2O3. The lowest BCUT2D eigenvalue weighted by atomic mass is 10.0. The molecule has 22 heavy (non-hydrogen) atoms. The number of hydrogen-bond acceptors (Lipinski definition) is 4. The number of aromatic nitrogens is 1. The second-order valence-corrected chi connectivity index (χ2v) is 4.98. The number of pyridine rings is 1. The summed E-state index contributed by atoms with van der Waals surface area (Å²) in [7, 11) is 1.31. The SMILES string of the molecule is COC(=O)[C@@H](Cc1ccc(C)cc1)NC(=O)c1cccnc1. The van der Waals surface area contributed by atoms with Gasteiger partial charge >= 0.3 is 5.97 Å². The summed E-state index contributed by atoms with van der Waals surface area (Å²) in [4.78, 5) is 28.0. The lowest BCUT2D eigenvalue weighted by Gasteiger charge is -2.16. The van der Waals surface area contributed by atoms with E-state index in [2.05, 4.69) is 10.3 Å². The van der Waals surface area contributed by atoms with Crippen LogP contribution in [-0.2, 0) is 16.0 Å². The molecule has 1 heterocycles. The fourth-order valence-electron chi connectivity index (χ4n) is 2.03. The maximum atomic E-state index is 12.2. The maximum absolute atomic E-state index is 12.2. The molecule has 1 aromatic heterocycles. The Bertz CT molecular complexity index is 639. The monoisotopic (exact) mass is 298 g/mol. The van der Waals surface area contributed by atoms with Crippen LogP contribution in [0.4, 0.5) is 0 Å². The Labute approximate surface area is 129 Å². The second kappa shape index (κ2) is 7.36. The van der Waals surface area contributed by atoms with Crippen LogP contribution < -0.4 is 5.32 Å². The molecule has 1 N–H and O–H groups in total. The number of hydrogen-bond donors (Lipinski definition) is 1. The summed E-state index contributed by atoms with van der Waals surface area (Å²) in [6.45, 7) is 1.99. The van der Waals surface area contributed by atoms with Crippen LogP contribution in [0.25, 0.3) is 0 Å². The first-order valence-corrected chi connectivity index (χ1v) is 6.94. The third kappa shape index (κ3) is 4.15. The van der Waals surface area contributed by atoms with Gasteiger partial charge in [-0.3, -0.25) is 9.78 Å². The normalized spacial score (nSPS) is 11.5. The molecule has 5 heteroatoms. The Morgan fingerprint density at radius 1 is 1.23 bits per heavy atom. The summed E-state index contributed by atoms with van der Waals surface area (Å²) in [6.07, 6.45) is 3.41. The van der Waals surface area contributed by atoms with Gasteiger partial charge in [0.2, 0.25) is 0 Å². The quantitative estimate of drug-likeness (QED) is 0.856. The van der Waals surface area contributed by atoms with Gasteiger partial charge in [0.15, 0.2) is 0 Å². The molecule has 0 unspecified atom stereocenters. The number of amides is 1. The third-order valence-corrected chi connectivity index (χ3v) is 3.28. The smallest absolute Gasteiger partial charge is 0.328 e. The van der Waals surface area contributed by atoms with Crippen molar-refractivity contribution in [1.29, 1.82) is 0 Å². The average Bonchev–Trinajstić information content (AvgIpc) is 2.56. The second-order valence-electron chi connectivity index (χ2n) is 4.98. The number of rotatable bonds is 5. The fraction of sp³-hybridized carbons (Fsp3) is 0.235. The van der Waals surface area contributed by atoms with Gasteiger partial charge in [0, 0.05) is 18.8 Å². The van der Waals surface area contributed by atoms with E-state index in [1.807, 2.05) is 31.2 Å². The van der Waals surface area contributed by atoms with Crippen LogP contribution >= 0.6 is 0 Å². The lowest BCUT2D eigenvalue weighted by molar-refractivity contribution is -0.142. The molecule has 2 aromatic rings. The predicted molar refractivity (Wildman–Crippen MR) is 82.4 cm³/mol. The molecule has 0 aliphatic rings. The van der Waals surface area contributed by atoms with Crippen LogP contribution in [0.1, 0.15) is 21.5 Å². The molecule has 1 atom stereocenters. The molecule has 0 saturated carbocycles. The molecule has 0 saturated heterocycles. The molecule has 2 rings (SSSR count). The molecule has 1 amide bonds. The van der Waals surface area contributed by atoms with Gasteiger partial charge in [0.05, 0.1) is 12.7 Å². The molecule has 114 valence electrons. The van der Waals surface area contributed by atoms with Crippen molar-refractivity contribution in [3.63, 3.8) is 0 Å². The van der Waals surface area contributed by atoms with Gasteiger partial charge < -0.3 is 10.1 Å². The van der Waals surface area contributed by atoms with Crippen molar-refractivity contribution in [2.75, 3.05) is 7.11 Å². The van der Waals surface area contributed by atoms with Gasteiger partial charge in [-0.25, -0.2) is 4.79 Å². The van der Waals surface area contributed by atoms with Crippen LogP contribution in [0.3, 0.4) is 0 Å². The number of ether oxygens (including phenoxy) is 1. The maximum Gasteiger partial charge on any atom is 0.328 e. The van der Waals surface area contributed by atoms with Crippen LogP contribution in [0.2, 0.25) is 0 Å². The number of esters is 1. The first-order chi connectivity index (χ1) is 10.6. The highest BCUT2D eigenvalue weighted by Gasteiger charge is 2.22. The van der Waals surface area contributed by atoms with Gasteiger partial charge in [-0.15, -0.1) is 0 Å². The van der Waals surface area contributed by atoms with E-state index in [0.29, 0.717) is 12.0 Å². The molecule has 0 spiro atoms. The Balaban J connectivity index is 2.11. The zero-order chi connectivity index (χ0) is 15.9. The number of carbonyl (C=O) groups excluding carboxylic acids is 2. The molecule has 0 aliphatic heterocycles. The summed E-state index contributed by atoms with van der Waals surface area (Å²) < 4.78 is 4.78. The minimum Gasteiger partial charge on any atom is -0.467 e. The number of methoxy groups -OCH3 is 1. The van der Waals surface area contributed by atoms with Crippen molar-refractivity contribution >= 4 is 11.9 Å². The molecule has 1 aromatic carbocycles. The van der Waals surface area contributed by atoms with Crippen molar-refractivity contribution in [2.24, 2.45) is 0 Å². The van der Waals surface area contributed by atoms with Crippen LogP contribution in [0.5, 0.6) is 0 Å². The third-order valence-electron chi connectivity index (χ3n) is 3.28. The number of benzene rings is 1. The Hall–Kier alpha value is -2.69. The van der Waals surface area contributed by atoms with E-state index in [9.17, 15) is 9.59 Å². The summed E-state index contributed by atoms with van der Waals surface area (Å²) in [6, 6.07) is 10.4. The molecular weight excluding hydrogens is 280 g/mol. The fourth-order valence-corrected chi connectivity index (χ4v) is 2.03. The Kier molecular flexibility index (Phi) is 5.25. The van der Waals surface area contributed by atoms with Gasteiger partial charge in [-0.2, -0.15) is 0 Å². The summed E-state index contributed by atoms with van der Waals surface area (Å²) in [5.41, 5.74) is 2.49. The zero-order valence-electron chi connectivity index (χ0n) is 12.6. The van der Waals surface area contributed by atoms with Crippen molar-refractivity contribution in [2.45, 2.75) is 19.4 Å². The topological polar surface area (TPSA) is 68.3 Å². The van der Waals surface area contributed by atoms with Gasteiger partial charge in [0.1, 0.15) is 6.04 Å². The number of nitrogens with zero attached hydrogens (tertiary/aromatic N) is 1. The molecule has 0 fully saturated rings. The standard InChI is InChI=1S/C17H18N2O3/c1-12-5-7-13(8-6-12)10-15(17(21)22-2)19-16(20)14-4-3-9-18-11-14/h3-9,11,15H,10H2,1-2H3,(H,19,20)/t15-/m1/s1. The predicted octanol–water partition coefficient (Wildman–Crippen LogP) is 1.90. The minimum absolute atomic E-state index is 0.351. The average molecular weight is 298 g/mol. The number of carbonyl (C=O) groups is 2. The van der Waals surface area contributed by atoms with E-state index >= 15 is 0 Å². The van der Waals surface area contributed by atoms with E-state index in [0.717, 1.165) is 11.1 Å². The lowest BCUT2D eigenvalue weighted by Crippen LogP contribution is -2.43. The first-order valence-electron chi connectivity index (χ1n) is 6.94. The Morgan fingerprint density at radius 2 is 1.95 bits per heavy atom. The van der Waals surface area contributed by atoms with E-state index in [-0.39, 0.29) is 5.91 Å². The highest BCUT2D eigenvalue weighted by Crippen LogP contribution is 2.08. The van der Waals surface area contributed by atoms with E-state index in [4.69, 9.17) is 4.74 Å². The van der Waals surface area contributed by atoms with Gasteiger partial charge in [-0.05, 0) is 24.6 Å². The van der Waals surface area contributed by atoms with E-state index in [1.165, 1.54) is 13.3 Å². The van der Waals surface area contributed by atoms with Crippen molar-refractivity contribution in [3.8, 4) is 0 Å². The van der Waals surface area contributed by atoms with E-state index < -0.39 is 12.0 Å². The van der Waals surface area contributed by atoms with Crippen LogP contribution in [0.15, 0.2) is 48.8 Å². The summed E-state index contributed by atoms with van der Waals surface area (Å²) in [5, 5.41) is 2.69. The zero-order valence-corrected chi connectivity index (χ0v) is 12.6. The minimum atomic E-state index is -0.736. The summed E-state index contributed by atoms with van der Waals surface area (Å²) in [5.74, 6) is -0.826. The Morgan fingerprint density at radius 3 is 2.55 bits per heavy atom. The van der Waals surface area contributed by atoms with Crippen LogP contribution in [-0.4, -0.2) is 30.0 Å². The summed E-state index contributed by atoms with van der Waals surface area (Å²) >= 11 is 0. The molecule has 0 bridgehead atoms. The molecule has 0 aliphatic carbocycles. The first kappa shape index (κ1) is 15.7. The molecule has 5 nitrogen and oxygen atoms in total. The molecule has 0 radical (unpaired) electrons.